The average molecular weight is 1230 g/mol. The molecular formula is C67H79N5O17. The Labute approximate surface area is 516 Å². The minimum absolute atomic E-state index is 0.00216. The highest BCUT2D eigenvalue weighted by molar-refractivity contribution is 5.94. The number of H-pyrrole nitrogens is 1. The van der Waals surface area contributed by atoms with Crippen LogP contribution >= 0.6 is 0 Å². The smallest absolute Gasteiger partial charge is 0.410 e. The number of Topliss-reactive ketones (excluding diaryl/α,β-unsaturated/α-hetero) is 1. The number of aliphatic hydroxyl groups is 3. The molecule has 0 spiro atoms. The van der Waals surface area contributed by atoms with Crippen molar-refractivity contribution in [2.45, 2.75) is 155 Å². The van der Waals surface area contributed by atoms with Crippen molar-refractivity contribution in [3.05, 3.63) is 136 Å². The minimum Gasteiger partial charge on any atom is -0.508 e. The molecule has 0 unspecified atom stereocenters. The number of piperazine rings is 1. The molecular weight excluding hydrogens is 1150 g/mol. The lowest BCUT2D eigenvalue weighted by Gasteiger charge is -2.67. The topological polar surface area (TPSA) is 306 Å². The summed E-state index contributed by atoms with van der Waals surface area (Å²) in [6.45, 7) is 17.5. The summed E-state index contributed by atoms with van der Waals surface area (Å²) in [6.07, 6.45) is -13.5. The third-order valence-electron chi connectivity index (χ3n) is 19.0. The third kappa shape index (κ3) is 11.6. The number of amides is 2. The molecule has 5 aliphatic rings. The summed E-state index contributed by atoms with van der Waals surface area (Å²) in [5.41, 5.74) is -2.62. The van der Waals surface area contributed by atoms with Gasteiger partial charge >= 0.3 is 30.1 Å². The number of fused-ring (bicyclic) bond motifs is 5. The molecule has 2 aliphatic heterocycles. The van der Waals surface area contributed by atoms with Crippen molar-refractivity contribution in [3.8, 4) is 33.9 Å². The second-order valence-electron chi connectivity index (χ2n) is 25.5. The van der Waals surface area contributed by atoms with Gasteiger partial charge in [-0.05, 0) is 92.1 Å². The van der Waals surface area contributed by atoms with E-state index in [9.17, 15) is 44.7 Å². The fraction of sp³-hybridized carbons (Fsp3) is 0.478. The molecule has 22 nitrogen and oxygen atoms in total. The van der Waals surface area contributed by atoms with E-state index in [1.54, 1.807) is 82.3 Å². The molecule has 474 valence electrons. The largest absolute Gasteiger partial charge is 0.508 e. The van der Waals surface area contributed by atoms with Gasteiger partial charge in [-0.2, -0.15) is 5.10 Å². The van der Waals surface area contributed by atoms with Crippen LogP contribution in [0.3, 0.4) is 0 Å². The minimum atomic E-state index is -2.46. The van der Waals surface area contributed by atoms with Gasteiger partial charge in [-0.3, -0.25) is 19.6 Å². The molecule has 4 aromatic carbocycles. The fourth-order valence-electron chi connectivity index (χ4n) is 14.1. The maximum Gasteiger partial charge on any atom is 0.410 e. The van der Waals surface area contributed by atoms with E-state index in [-0.39, 0.29) is 60.2 Å². The number of hydrogen-bond donors (Lipinski definition) is 7. The number of nitrogens with zero attached hydrogens (tertiary/aromatic N) is 3. The Hall–Kier alpha value is -8.15. The number of nitrogens with one attached hydrogen (secondary N) is 2. The SMILES string of the molecule is CC(=O)O[C@@]12CO[C@@H]1C[C@H](O)[C@@]1(C)C(=O)[C@H](O)C3=C(C)[C@@H](OC(=O)[C@H](OC(=O)N4CCN(Cc5ccc(-c6c(-c7cc(C(C)C)c(O)cc7O)n[nH]c6C)cc5)CC4)[C@@H](NC(=O)OC(C)C)c4ccccc4)C[C@@](O)([C@@H](OC(=O)c4ccccc4)[C@H]21)C3(C)C. The number of aromatic nitrogens is 2. The van der Waals surface area contributed by atoms with Crippen LogP contribution in [0.4, 0.5) is 9.59 Å². The first-order valence-corrected chi connectivity index (χ1v) is 30.1. The maximum absolute atomic E-state index is 15.5. The van der Waals surface area contributed by atoms with Gasteiger partial charge in [-0.25, -0.2) is 19.2 Å². The molecule has 2 saturated heterocycles. The van der Waals surface area contributed by atoms with Crippen molar-refractivity contribution >= 4 is 35.9 Å². The number of esters is 3. The third-order valence-corrected chi connectivity index (χ3v) is 19.0. The predicted molar refractivity (Wildman–Crippen MR) is 322 cm³/mol. The summed E-state index contributed by atoms with van der Waals surface area (Å²) in [5, 5.41) is 70.4. The standard InChI is InChI=1S/C67H79N5O17/c1-35(2)44-29-45(47(75)30-46(44)74)54-51(38(6)69-70-54)41-23-21-40(22-24-41)33-71-25-27-72(28-26-71)63(82)87-56(53(42-17-13-11-14-18-42)68-62(81)85-36(3)4)61(80)86-48-32-67(83)59(88-60(79)43-19-15-12-16-20-43)57-65(10,58(78)55(77)52(37(48)5)64(67,8)9)49(76)31-50-66(57,34-84-50)89-39(7)73/h11-24,29-30,35-36,48-50,53,55-57,59,74-77,83H,25-28,31-34H2,1-10H3,(H,68,81)(H,69,70)/t48-,49-,50+,53-,55+,56+,57-,59-,65+,66-,67+/m0/s1. The van der Waals surface area contributed by atoms with Crippen molar-refractivity contribution in [1.29, 1.82) is 0 Å². The molecule has 7 N–H and O–H groups in total. The van der Waals surface area contributed by atoms with Gasteiger partial charge in [0.2, 0.25) is 6.10 Å². The Morgan fingerprint density at radius 3 is 2.10 bits per heavy atom. The van der Waals surface area contributed by atoms with Crippen molar-refractivity contribution in [3.63, 3.8) is 0 Å². The highest BCUT2D eigenvalue weighted by atomic mass is 16.6. The van der Waals surface area contributed by atoms with Gasteiger partial charge in [0.15, 0.2) is 11.4 Å². The molecule has 2 amide bonds. The van der Waals surface area contributed by atoms with E-state index in [0.717, 1.165) is 29.3 Å². The predicted octanol–water partition coefficient (Wildman–Crippen LogP) is 7.73. The number of carbonyl (C=O) groups excluding carboxylic acids is 6. The molecule has 22 heteroatoms. The van der Waals surface area contributed by atoms with Crippen LogP contribution in [0.25, 0.3) is 22.4 Å². The van der Waals surface area contributed by atoms with Gasteiger partial charge < -0.3 is 64.2 Å². The van der Waals surface area contributed by atoms with E-state index in [4.69, 9.17) is 28.4 Å². The number of aromatic hydroxyl groups is 2. The molecule has 0 radical (unpaired) electrons. The maximum atomic E-state index is 15.5. The molecule has 2 bridgehead atoms. The average Bonchev–Trinajstić information content (AvgIpc) is 0.929. The number of aryl methyl sites for hydroxylation is 1. The number of carbonyl (C=O) groups is 6. The van der Waals surface area contributed by atoms with Gasteiger partial charge in [0, 0.05) is 80.8 Å². The summed E-state index contributed by atoms with van der Waals surface area (Å²) in [6, 6.07) is 25.6. The molecule has 2 saturated carbocycles. The highest BCUT2D eigenvalue weighted by Gasteiger charge is 2.78. The number of benzene rings is 4. The van der Waals surface area contributed by atoms with E-state index >= 15 is 9.59 Å². The van der Waals surface area contributed by atoms with Crippen LogP contribution in [0.5, 0.6) is 11.5 Å². The zero-order valence-electron chi connectivity index (χ0n) is 51.6. The van der Waals surface area contributed by atoms with Crippen molar-refractivity contribution < 1.29 is 82.7 Å². The number of aromatic amines is 1. The van der Waals surface area contributed by atoms with Crippen LogP contribution in [0.1, 0.15) is 120 Å². The van der Waals surface area contributed by atoms with Crippen LogP contribution in [0, 0.1) is 23.7 Å². The van der Waals surface area contributed by atoms with Gasteiger partial charge in [-0.1, -0.05) is 100 Å². The number of phenols is 2. The Balaban J connectivity index is 0.946. The quantitative estimate of drug-likeness (QED) is 0.0299. The Morgan fingerprint density at radius 1 is 0.843 bits per heavy atom. The van der Waals surface area contributed by atoms with Crippen LogP contribution in [0.2, 0.25) is 0 Å². The summed E-state index contributed by atoms with van der Waals surface area (Å²) in [4.78, 5) is 90.5. The zero-order chi connectivity index (χ0) is 64.2. The van der Waals surface area contributed by atoms with E-state index < -0.39 is 119 Å². The number of phenolic OH excluding ortho intramolecular Hbond substituents is 2. The first-order chi connectivity index (χ1) is 42.1. The van der Waals surface area contributed by atoms with Gasteiger partial charge in [-0.15, -0.1) is 0 Å². The normalized spacial score (nSPS) is 27.2. The van der Waals surface area contributed by atoms with E-state index in [2.05, 4.69) is 20.4 Å². The summed E-state index contributed by atoms with van der Waals surface area (Å²) in [7, 11) is 0. The van der Waals surface area contributed by atoms with E-state index in [0.29, 0.717) is 42.0 Å². The molecule has 10 rings (SSSR count). The molecule has 11 atom stereocenters. The van der Waals surface area contributed by atoms with Crippen LogP contribution in [0.15, 0.2) is 108 Å². The van der Waals surface area contributed by atoms with Crippen LogP contribution < -0.4 is 5.32 Å². The van der Waals surface area contributed by atoms with Crippen molar-refractivity contribution in [2.24, 2.45) is 16.7 Å². The van der Waals surface area contributed by atoms with E-state index in [1.165, 1.54) is 36.9 Å². The van der Waals surface area contributed by atoms with Crippen LogP contribution in [-0.2, 0) is 49.3 Å². The summed E-state index contributed by atoms with van der Waals surface area (Å²) < 4.78 is 36.7. The first-order valence-electron chi connectivity index (χ1n) is 30.1. The number of aliphatic hydroxyl groups excluding tert-OH is 2. The fourth-order valence-corrected chi connectivity index (χ4v) is 14.1. The second kappa shape index (κ2) is 24.7. The molecule has 89 heavy (non-hydrogen) atoms. The molecule has 5 aromatic rings. The number of hydrogen-bond acceptors (Lipinski definition) is 19. The van der Waals surface area contributed by atoms with Crippen molar-refractivity contribution in [1.82, 2.24) is 25.3 Å². The Bertz CT molecular complexity index is 3540. The lowest BCUT2D eigenvalue weighted by atomic mass is 9.44. The zero-order valence-corrected chi connectivity index (χ0v) is 51.6. The number of ether oxygens (including phenoxy) is 6. The molecule has 3 aliphatic carbocycles. The van der Waals surface area contributed by atoms with Gasteiger partial charge in [0.1, 0.15) is 53.3 Å². The Morgan fingerprint density at radius 2 is 1.49 bits per heavy atom. The lowest BCUT2D eigenvalue weighted by Crippen LogP contribution is -2.81. The first kappa shape index (κ1) is 63.9. The molecule has 1 aromatic heterocycles. The lowest BCUT2D eigenvalue weighted by molar-refractivity contribution is -0.346. The Kier molecular flexibility index (Phi) is 17.7. The molecule has 4 fully saturated rings. The number of ketones is 1. The number of rotatable bonds is 15. The number of alkyl carbamates (subject to hydrolysis) is 1. The second-order valence-corrected chi connectivity index (χ2v) is 25.5. The van der Waals surface area contributed by atoms with Gasteiger partial charge in [0.05, 0.1) is 35.7 Å². The monoisotopic (exact) mass is 1230 g/mol. The molecule has 3 heterocycles. The highest BCUT2D eigenvalue weighted by Crippen LogP contribution is 2.64. The summed E-state index contributed by atoms with van der Waals surface area (Å²) >= 11 is 0. The van der Waals surface area contributed by atoms with Gasteiger partial charge in [0.25, 0.3) is 0 Å². The summed E-state index contributed by atoms with van der Waals surface area (Å²) in [5.74, 6) is -5.62. The van der Waals surface area contributed by atoms with Crippen molar-refractivity contribution in [2.75, 3.05) is 32.8 Å². The van der Waals surface area contributed by atoms with E-state index in [1.807, 2.05) is 45.0 Å². The van der Waals surface area contributed by atoms with Crippen LogP contribution in [-0.4, -0.2) is 168 Å².